The molecule has 4 heteroatoms. The van der Waals surface area contributed by atoms with Gasteiger partial charge in [0, 0.05) is 13.0 Å². The lowest BCUT2D eigenvalue weighted by atomic mass is 10.1. The summed E-state index contributed by atoms with van der Waals surface area (Å²) in [5.41, 5.74) is 0. The number of unbranched alkanes of at least 4 members (excludes halogenated alkanes) is 6. The standard InChI is InChI=1S/C14H26NO3/c1-2-3-4-5-6-7-8-12-17-14(16)18-13-10-9-11-15-13/h13H,2-12H2,1H3. The summed E-state index contributed by atoms with van der Waals surface area (Å²) in [5.74, 6) is 0. The summed E-state index contributed by atoms with van der Waals surface area (Å²) in [5, 5.41) is 4.14. The third-order valence-electron chi connectivity index (χ3n) is 3.14. The van der Waals surface area contributed by atoms with Gasteiger partial charge >= 0.3 is 6.16 Å². The summed E-state index contributed by atoms with van der Waals surface area (Å²) in [4.78, 5) is 11.3. The van der Waals surface area contributed by atoms with Gasteiger partial charge in [-0.2, -0.15) is 0 Å². The van der Waals surface area contributed by atoms with E-state index in [4.69, 9.17) is 9.47 Å². The second-order valence-electron chi connectivity index (χ2n) is 4.84. The highest BCUT2D eigenvalue weighted by atomic mass is 16.7. The van der Waals surface area contributed by atoms with Gasteiger partial charge in [-0.15, -0.1) is 0 Å². The second kappa shape index (κ2) is 10.2. The van der Waals surface area contributed by atoms with Crippen LogP contribution in [0.15, 0.2) is 0 Å². The quantitative estimate of drug-likeness (QED) is 0.467. The number of carbonyl (C=O) groups excluding carboxylic acids is 1. The average molecular weight is 256 g/mol. The maximum Gasteiger partial charge on any atom is 0.509 e. The van der Waals surface area contributed by atoms with E-state index < -0.39 is 6.16 Å². The van der Waals surface area contributed by atoms with E-state index in [9.17, 15) is 4.79 Å². The number of carbonyl (C=O) groups is 1. The number of ether oxygens (including phenoxy) is 2. The smallest absolute Gasteiger partial charge is 0.434 e. The molecule has 105 valence electrons. The van der Waals surface area contributed by atoms with E-state index in [2.05, 4.69) is 12.2 Å². The molecule has 1 fully saturated rings. The van der Waals surface area contributed by atoms with Crippen molar-refractivity contribution < 1.29 is 14.3 Å². The highest BCUT2D eigenvalue weighted by Crippen LogP contribution is 2.10. The number of hydrogen-bond donors (Lipinski definition) is 0. The minimum Gasteiger partial charge on any atom is -0.434 e. The molecular formula is C14H26NO3. The van der Waals surface area contributed by atoms with Crippen molar-refractivity contribution in [3.63, 3.8) is 0 Å². The first-order valence-corrected chi connectivity index (χ1v) is 7.33. The van der Waals surface area contributed by atoms with Crippen LogP contribution in [-0.4, -0.2) is 25.5 Å². The van der Waals surface area contributed by atoms with Crippen LogP contribution < -0.4 is 5.32 Å². The predicted molar refractivity (Wildman–Crippen MR) is 70.4 cm³/mol. The lowest BCUT2D eigenvalue weighted by molar-refractivity contribution is 0.0168. The Hall–Kier alpha value is -0.770. The van der Waals surface area contributed by atoms with Crippen molar-refractivity contribution in [2.75, 3.05) is 13.2 Å². The van der Waals surface area contributed by atoms with Crippen LogP contribution in [0.25, 0.3) is 0 Å². The first kappa shape index (κ1) is 15.3. The van der Waals surface area contributed by atoms with E-state index in [1.54, 1.807) is 0 Å². The lowest BCUT2D eigenvalue weighted by Crippen LogP contribution is -2.23. The molecule has 1 rings (SSSR count). The van der Waals surface area contributed by atoms with E-state index >= 15 is 0 Å². The molecule has 0 aliphatic carbocycles. The van der Waals surface area contributed by atoms with Gasteiger partial charge in [-0.1, -0.05) is 45.4 Å². The van der Waals surface area contributed by atoms with Crippen molar-refractivity contribution in [1.29, 1.82) is 0 Å². The molecule has 1 aliphatic rings. The minimum atomic E-state index is -0.559. The summed E-state index contributed by atoms with van der Waals surface area (Å²) in [6.07, 6.45) is 9.55. The molecule has 1 heterocycles. The van der Waals surface area contributed by atoms with Crippen LogP contribution in [0.1, 0.15) is 64.7 Å². The number of hydrogen-bond acceptors (Lipinski definition) is 3. The Bertz CT molecular complexity index is 215. The van der Waals surface area contributed by atoms with Crippen LogP contribution in [-0.2, 0) is 9.47 Å². The molecule has 0 bridgehead atoms. The van der Waals surface area contributed by atoms with Gasteiger partial charge in [-0.05, 0) is 12.8 Å². The summed E-state index contributed by atoms with van der Waals surface area (Å²) < 4.78 is 10.1. The molecule has 0 spiro atoms. The van der Waals surface area contributed by atoms with E-state index in [1.165, 1.54) is 32.1 Å². The van der Waals surface area contributed by atoms with Crippen molar-refractivity contribution in [3.8, 4) is 0 Å². The third-order valence-corrected chi connectivity index (χ3v) is 3.14. The molecule has 0 aromatic carbocycles. The van der Waals surface area contributed by atoms with Gasteiger partial charge in [0.15, 0.2) is 6.23 Å². The molecular weight excluding hydrogens is 230 g/mol. The third kappa shape index (κ3) is 7.54. The molecule has 1 saturated heterocycles. The highest BCUT2D eigenvalue weighted by Gasteiger charge is 2.20. The van der Waals surface area contributed by atoms with Gasteiger partial charge in [-0.3, -0.25) is 0 Å². The molecule has 0 saturated carbocycles. The second-order valence-corrected chi connectivity index (χ2v) is 4.84. The largest absolute Gasteiger partial charge is 0.509 e. The Labute approximate surface area is 110 Å². The normalized spacial score (nSPS) is 18.8. The molecule has 1 unspecified atom stereocenters. The summed E-state index contributed by atoms with van der Waals surface area (Å²) in [6, 6.07) is 0. The molecule has 1 radical (unpaired) electrons. The average Bonchev–Trinajstić information content (AvgIpc) is 2.85. The fourth-order valence-electron chi connectivity index (χ4n) is 2.05. The van der Waals surface area contributed by atoms with Gasteiger partial charge < -0.3 is 9.47 Å². The highest BCUT2D eigenvalue weighted by molar-refractivity contribution is 5.60. The zero-order valence-electron chi connectivity index (χ0n) is 11.5. The molecule has 0 N–H and O–H groups in total. The van der Waals surface area contributed by atoms with Gasteiger partial charge in [0.05, 0.1) is 6.61 Å². The SMILES string of the molecule is CCCCCCCCCOC(=O)OC1CCC[N]1. The van der Waals surface area contributed by atoms with Gasteiger partial charge in [0.25, 0.3) is 0 Å². The van der Waals surface area contributed by atoms with Crippen LogP contribution in [0.3, 0.4) is 0 Å². The molecule has 0 amide bonds. The van der Waals surface area contributed by atoms with Gasteiger partial charge in [0.2, 0.25) is 0 Å². The van der Waals surface area contributed by atoms with Crippen molar-refractivity contribution in [3.05, 3.63) is 0 Å². The molecule has 1 aliphatic heterocycles. The Morgan fingerprint density at radius 1 is 1.17 bits per heavy atom. The summed E-state index contributed by atoms with van der Waals surface area (Å²) in [7, 11) is 0. The van der Waals surface area contributed by atoms with Crippen LogP contribution >= 0.6 is 0 Å². The summed E-state index contributed by atoms with van der Waals surface area (Å²) in [6.45, 7) is 3.49. The Balaban J connectivity index is 1.83. The van der Waals surface area contributed by atoms with Crippen LogP contribution in [0.2, 0.25) is 0 Å². The van der Waals surface area contributed by atoms with Crippen molar-refractivity contribution in [2.45, 2.75) is 70.9 Å². The topological polar surface area (TPSA) is 49.6 Å². The Kier molecular flexibility index (Phi) is 8.65. The maximum absolute atomic E-state index is 11.3. The Morgan fingerprint density at radius 3 is 2.56 bits per heavy atom. The fraction of sp³-hybridized carbons (Fsp3) is 0.929. The number of nitrogens with zero attached hydrogens (tertiary/aromatic N) is 1. The van der Waals surface area contributed by atoms with Crippen molar-refractivity contribution in [2.24, 2.45) is 0 Å². The Morgan fingerprint density at radius 2 is 1.89 bits per heavy atom. The first-order chi connectivity index (χ1) is 8.83. The molecule has 18 heavy (non-hydrogen) atoms. The van der Waals surface area contributed by atoms with Crippen LogP contribution in [0, 0.1) is 0 Å². The predicted octanol–water partition coefficient (Wildman–Crippen LogP) is 3.61. The zero-order valence-corrected chi connectivity index (χ0v) is 11.5. The lowest BCUT2D eigenvalue weighted by Gasteiger charge is -2.10. The molecule has 1 atom stereocenters. The molecule has 4 nitrogen and oxygen atoms in total. The van der Waals surface area contributed by atoms with E-state index in [0.717, 1.165) is 32.2 Å². The molecule has 0 aromatic rings. The monoisotopic (exact) mass is 256 g/mol. The van der Waals surface area contributed by atoms with Gasteiger partial charge in [0.1, 0.15) is 0 Å². The van der Waals surface area contributed by atoms with E-state index in [1.807, 2.05) is 0 Å². The van der Waals surface area contributed by atoms with Gasteiger partial charge in [-0.25, -0.2) is 10.1 Å². The zero-order chi connectivity index (χ0) is 13.1. The van der Waals surface area contributed by atoms with E-state index in [0.29, 0.717) is 6.61 Å². The number of rotatable bonds is 9. The maximum atomic E-state index is 11.3. The minimum absolute atomic E-state index is 0.258. The fourth-order valence-corrected chi connectivity index (χ4v) is 2.05. The van der Waals surface area contributed by atoms with E-state index in [-0.39, 0.29) is 6.23 Å². The molecule has 0 aromatic heterocycles. The van der Waals surface area contributed by atoms with Crippen molar-refractivity contribution in [1.82, 2.24) is 5.32 Å². The summed E-state index contributed by atoms with van der Waals surface area (Å²) >= 11 is 0. The van der Waals surface area contributed by atoms with Crippen LogP contribution in [0.5, 0.6) is 0 Å². The van der Waals surface area contributed by atoms with Crippen molar-refractivity contribution >= 4 is 6.16 Å². The van der Waals surface area contributed by atoms with Crippen LogP contribution in [0.4, 0.5) is 4.79 Å². The first-order valence-electron chi connectivity index (χ1n) is 7.33.